The number of benzene rings is 1. The van der Waals surface area contributed by atoms with Crippen LogP contribution >= 0.6 is 11.6 Å². The van der Waals surface area contributed by atoms with E-state index in [1.807, 2.05) is 0 Å². The van der Waals surface area contributed by atoms with Crippen molar-refractivity contribution in [1.29, 1.82) is 0 Å². The molecule has 0 radical (unpaired) electrons. The Kier molecular flexibility index (Phi) is 5.14. The van der Waals surface area contributed by atoms with Crippen LogP contribution in [0.3, 0.4) is 0 Å². The molecule has 1 aromatic carbocycles. The molecule has 0 fully saturated rings. The second-order valence-corrected chi connectivity index (χ2v) is 5.71. The van der Waals surface area contributed by atoms with Crippen molar-refractivity contribution in [1.82, 2.24) is 4.31 Å². The minimum atomic E-state index is -3.63. The summed E-state index contributed by atoms with van der Waals surface area (Å²) in [6, 6.07) is 6.02. The second kappa shape index (κ2) is 6.16. The molecule has 6 heteroatoms. The smallest absolute Gasteiger partial charge is 0.243 e. The van der Waals surface area contributed by atoms with Gasteiger partial charge in [0.05, 0.1) is 11.5 Å². The van der Waals surface area contributed by atoms with Crippen LogP contribution < -0.4 is 0 Å². The highest BCUT2D eigenvalue weighted by molar-refractivity contribution is 7.89. The summed E-state index contributed by atoms with van der Waals surface area (Å²) in [5, 5.41) is 9.22. The van der Waals surface area contributed by atoms with Gasteiger partial charge in [0, 0.05) is 18.1 Å². The summed E-state index contributed by atoms with van der Waals surface area (Å²) in [4.78, 5) is 0.111. The lowest BCUT2D eigenvalue weighted by Crippen LogP contribution is -2.33. The maximum Gasteiger partial charge on any atom is 0.243 e. The van der Waals surface area contributed by atoms with Crippen LogP contribution in [0.4, 0.5) is 0 Å². The first-order chi connectivity index (χ1) is 8.02. The molecular weight excluding hydrogens is 262 g/mol. The van der Waals surface area contributed by atoms with E-state index < -0.39 is 10.0 Å². The van der Waals surface area contributed by atoms with E-state index in [2.05, 4.69) is 6.58 Å². The third kappa shape index (κ3) is 3.54. The second-order valence-electron chi connectivity index (χ2n) is 3.33. The zero-order valence-corrected chi connectivity index (χ0v) is 10.8. The summed E-state index contributed by atoms with van der Waals surface area (Å²) < 4.78 is 25.5. The minimum Gasteiger partial charge on any atom is -0.395 e. The highest BCUT2D eigenvalue weighted by Gasteiger charge is 2.22. The molecule has 0 saturated heterocycles. The molecule has 0 amide bonds. The Balaban J connectivity index is 3.11. The highest BCUT2D eigenvalue weighted by Crippen LogP contribution is 2.19. The minimum absolute atomic E-state index is 0.0286. The number of aliphatic hydroxyl groups excluding tert-OH is 1. The van der Waals surface area contributed by atoms with E-state index in [1.165, 1.54) is 18.2 Å². The molecule has 0 aromatic heterocycles. The molecule has 0 spiro atoms. The molecule has 0 atom stereocenters. The van der Waals surface area contributed by atoms with Gasteiger partial charge in [-0.15, -0.1) is 6.58 Å². The average Bonchev–Trinajstić information content (AvgIpc) is 2.29. The third-order valence-electron chi connectivity index (χ3n) is 2.12. The molecule has 0 unspecified atom stereocenters. The van der Waals surface area contributed by atoms with E-state index in [-0.39, 0.29) is 24.6 Å². The van der Waals surface area contributed by atoms with E-state index >= 15 is 0 Å². The largest absolute Gasteiger partial charge is 0.395 e. The predicted octanol–water partition coefficient (Wildman–Crippen LogP) is 1.51. The van der Waals surface area contributed by atoms with Gasteiger partial charge >= 0.3 is 0 Å². The first-order valence-corrected chi connectivity index (χ1v) is 6.81. The van der Waals surface area contributed by atoms with Crippen LogP contribution in [0.25, 0.3) is 0 Å². The lowest BCUT2D eigenvalue weighted by molar-refractivity contribution is 0.260. The molecule has 1 aromatic rings. The van der Waals surface area contributed by atoms with E-state index in [4.69, 9.17) is 16.7 Å². The zero-order valence-electron chi connectivity index (χ0n) is 9.21. The number of hydrogen-bond acceptors (Lipinski definition) is 3. The topological polar surface area (TPSA) is 57.6 Å². The Morgan fingerprint density at radius 1 is 1.47 bits per heavy atom. The van der Waals surface area contributed by atoms with Gasteiger partial charge in [0.25, 0.3) is 0 Å². The zero-order chi connectivity index (χ0) is 12.9. The fourth-order valence-corrected chi connectivity index (χ4v) is 3.04. The summed E-state index contributed by atoms with van der Waals surface area (Å²) >= 11 is 5.76. The molecule has 0 aliphatic heterocycles. The lowest BCUT2D eigenvalue weighted by atomic mass is 10.4. The summed E-state index contributed by atoms with van der Waals surface area (Å²) in [6.45, 7) is 3.43. The standard InChI is InChI=1S/C11H14ClNO3S/c1-2-6-13(7-8-14)17(15,16)11-5-3-4-10(12)9-11/h2-5,9,14H,1,6-8H2. The number of nitrogens with zero attached hydrogens (tertiary/aromatic N) is 1. The number of sulfonamides is 1. The van der Waals surface area contributed by atoms with Gasteiger partial charge in [-0.2, -0.15) is 4.31 Å². The first kappa shape index (κ1) is 14.2. The normalized spacial score (nSPS) is 11.7. The van der Waals surface area contributed by atoms with Gasteiger partial charge in [-0.1, -0.05) is 23.7 Å². The van der Waals surface area contributed by atoms with Gasteiger partial charge < -0.3 is 5.11 Å². The van der Waals surface area contributed by atoms with Crippen molar-refractivity contribution >= 4 is 21.6 Å². The SMILES string of the molecule is C=CCN(CCO)S(=O)(=O)c1cccc(Cl)c1. The Morgan fingerprint density at radius 2 is 2.18 bits per heavy atom. The van der Waals surface area contributed by atoms with Crippen molar-refractivity contribution < 1.29 is 13.5 Å². The predicted molar refractivity (Wildman–Crippen MR) is 67.5 cm³/mol. The van der Waals surface area contributed by atoms with Crippen molar-refractivity contribution in [3.8, 4) is 0 Å². The Morgan fingerprint density at radius 3 is 2.71 bits per heavy atom. The van der Waals surface area contributed by atoms with Crippen molar-refractivity contribution in [2.75, 3.05) is 19.7 Å². The quantitative estimate of drug-likeness (QED) is 0.801. The van der Waals surface area contributed by atoms with Gasteiger partial charge in [0.15, 0.2) is 0 Å². The van der Waals surface area contributed by atoms with Crippen LogP contribution in [0, 0.1) is 0 Å². The number of hydrogen-bond donors (Lipinski definition) is 1. The van der Waals surface area contributed by atoms with Crippen LogP contribution in [0.15, 0.2) is 41.8 Å². The third-order valence-corrected chi connectivity index (χ3v) is 4.21. The molecule has 0 heterocycles. The summed E-state index contributed by atoms with van der Waals surface area (Å²) in [5.41, 5.74) is 0. The molecule has 4 nitrogen and oxygen atoms in total. The molecule has 1 N–H and O–H groups in total. The maximum absolute atomic E-state index is 12.2. The molecule has 0 bridgehead atoms. The summed E-state index contributed by atoms with van der Waals surface area (Å²) in [7, 11) is -3.63. The fourth-order valence-electron chi connectivity index (χ4n) is 1.34. The number of rotatable bonds is 6. The molecule has 0 aliphatic carbocycles. The molecule has 94 valence electrons. The van der Waals surface area contributed by atoms with Crippen LogP contribution in [0.2, 0.25) is 5.02 Å². The monoisotopic (exact) mass is 275 g/mol. The van der Waals surface area contributed by atoms with Crippen molar-refractivity contribution in [2.24, 2.45) is 0 Å². The van der Waals surface area contributed by atoms with Crippen molar-refractivity contribution in [3.05, 3.63) is 41.9 Å². The van der Waals surface area contributed by atoms with E-state index in [9.17, 15) is 8.42 Å². The summed E-state index contributed by atoms with van der Waals surface area (Å²) in [6.07, 6.45) is 1.47. The number of halogens is 1. The Bertz CT molecular complexity index is 487. The molecule has 0 aliphatic rings. The van der Waals surface area contributed by atoms with Crippen molar-refractivity contribution in [3.63, 3.8) is 0 Å². The van der Waals surface area contributed by atoms with Crippen LogP contribution in [-0.2, 0) is 10.0 Å². The lowest BCUT2D eigenvalue weighted by Gasteiger charge is -2.19. The average molecular weight is 276 g/mol. The van der Waals surface area contributed by atoms with Gasteiger partial charge in [-0.25, -0.2) is 8.42 Å². The maximum atomic E-state index is 12.2. The van der Waals surface area contributed by atoms with E-state index in [0.29, 0.717) is 5.02 Å². The summed E-state index contributed by atoms with van der Waals surface area (Å²) in [5.74, 6) is 0. The van der Waals surface area contributed by atoms with Crippen LogP contribution in [0.1, 0.15) is 0 Å². The van der Waals surface area contributed by atoms with Crippen LogP contribution in [-0.4, -0.2) is 37.5 Å². The van der Waals surface area contributed by atoms with Gasteiger partial charge in [0.2, 0.25) is 10.0 Å². The molecule has 0 saturated carbocycles. The Labute approximate surface area is 106 Å². The van der Waals surface area contributed by atoms with E-state index in [0.717, 1.165) is 4.31 Å². The van der Waals surface area contributed by atoms with Gasteiger partial charge in [-0.05, 0) is 18.2 Å². The first-order valence-electron chi connectivity index (χ1n) is 5.00. The molecule has 17 heavy (non-hydrogen) atoms. The highest BCUT2D eigenvalue weighted by atomic mass is 35.5. The number of aliphatic hydroxyl groups is 1. The van der Waals surface area contributed by atoms with Crippen molar-refractivity contribution in [2.45, 2.75) is 4.90 Å². The van der Waals surface area contributed by atoms with Gasteiger partial charge in [0.1, 0.15) is 0 Å². The van der Waals surface area contributed by atoms with E-state index in [1.54, 1.807) is 12.1 Å². The van der Waals surface area contributed by atoms with Gasteiger partial charge in [-0.3, -0.25) is 0 Å². The molecule has 1 rings (SSSR count). The Hall–Kier alpha value is -0.880. The van der Waals surface area contributed by atoms with Crippen LogP contribution in [0.5, 0.6) is 0 Å². The molecular formula is C11H14ClNO3S. The fraction of sp³-hybridized carbons (Fsp3) is 0.273.